The highest BCUT2D eigenvalue weighted by molar-refractivity contribution is 6.05. The molecule has 0 spiro atoms. The van der Waals surface area contributed by atoms with E-state index in [-0.39, 0.29) is 48.6 Å². The van der Waals surface area contributed by atoms with Gasteiger partial charge >= 0.3 is 0 Å². The smallest absolute Gasteiger partial charge is 0.233 e. The Balaban J connectivity index is 1.32. The zero-order chi connectivity index (χ0) is 19.7. The van der Waals surface area contributed by atoms with Crippen LogP contribution in [-0.2, 0) is 14.4 Å². The SMILES string of the molecule is CC(NC(=O)CCN1C(=O)[C@H]2CC=CC[C@H]2C1=O)c1ccc2c(c1)OCCO2. The van der Waals surface area contributed by atoms with Crippen LogP contribution in [0.4, 0.5) is 0 Å². The van der Waals surface area contributed by atoms with Gasteiger partial charge in [0, 0.05) is 13.0 Å². The summed E-state index contributed by atoms with van der Waals surface area (Å²) in [4.78, 5) is 38.5. The molecule has 148 valence electrons. The van der Waals surface area contributed by atoms with Gasteiger partial charge in [-0.05, 0) is 37.5 Å². The van der Waals surface area contributed by atoms with Crippen LogP contribution in [0.3, 0.4) is 0 Å². The van der Waals surface area contributed by atoms with E-state index in [4.69, 9.17) is 9.47 Å². The average Bonchev–Trinajstić information content (AvgIpc) is 2.96. The molecule has 0 bridgehead atoms. The van der Waals surface area contributed by atoms with Crippen LogP contribution < -0.4 is 14.8 Å². The van der Waals surface area contributed by atoms with E-state index in [0.29, 0.717) is 37.6 Å². The van der Waals surface area contributed by atoms with Crippen molar-refractivity contribution in [3.05, 3.63) is 35.9 Å². The number of likely N-dealkylation sites (tertiary alicyclic amines) is 1. The number of hydrogen-bond donors (Lipinski definition) is 1. The summed E-state index contributed by atoms with van der Waals surface area (Å²) in [7, 11) is 0. The number of nitrogens with zero attached hydrogens (tertiary/aromatic N) is 1. The van der Waals surface area contributed by atoms with E-state index in [9.17, 15) is 14.4 Å². The molecule has 4 rings (SSSR count). The normalized spacial score (nSPS) is 24.1. The maximum absolute atomic E-state index is 12.5. The first kappa shape index (κ1) is 18.5. The van der Waals surface area contributed by atoms with E-state index in [1.165, 1.54) is 4.90 Å². The number of carbonyl (C=O) groups excluding carboxylic acids is 3. The summed E-state index contributed by atoms with van der Waals surface area (Å²) in [6.07, 6.45) is 5.23. The molecule has 1 unspecified atom stereocenters. The van der Waals surface area contributed by atoms with Gasteiger partial charge in [0.1, 0.15) is 13.2 Å². The molecule has 1 aromatic rings. The number of amides is 3. The van der Waals surface area contributed by atoms with E-state index in [1.807, 2.05) is 37.3 Å². The first-order chi connectivity index (χ1) is 13.5. The Morgan fingerprint density at radius 2 is 1.75 bits per heavy atom. The van der Waals surface area contributed by atoms with Crippen molar-refractivity contribution in [3.63, 3.8) is 0 Å². The van der Waals surface area contributed by atoms with Crippen LogP contribution in [0.1, 0.15) is 37.8 Å². The summed E-state index contributed by atoms with van der Waals surface area (Å²) in [6.45, 7) is 3.05. The van der Waals surface area contributed by atoms with Crippen molar-refractivity contribution >= 4 is 17.7 Å². The van der Waals surface area contributed by atoms with Crippen molar-refractivity contribution in [1.82, 2.24) is 10.2 Å². The molecular formula is C21H24N2O5. The second-order valence-corrected chi connectivity index (χ2v) is 7.43. The number of fused-ring (bicyclic) bond motifs is 2. The predicted molar refractivity (Wildman–Crippen MR) is 101 cm³/mol. The lowest BCUT2D eigenvalue weighted by molar-refractivity contribution is -0.140. The average molecular weight is 384 g/mol. The fourth-order valence-electron chi connectivity index (χ4n) is 4.03. The largest absolute Gasteiger partial charge is 0.486 e. The van der Waals surface area contributed by atoms with Crippen molar-refractivity contribution in [2.45, 2.75) is 32.2 Å². The topological polar surface area (TPSA) is 84.9 Å². The van der Waals surface area contributed by atoms with Crippen LogP contribution in [0.5, 0.6) is 11.5 Å². The van der Waals surface area contributed by atoms with Gasteiger partial charge in [0.2, 0.25) is 17.7 Å². The molecule has 1 aromatic carbocycles. The molecule has 3 atom stereocenters. The molecule has 3 aliphatic rings. The molecule has 7 nitrogen and oxygen atoms in total. The number of carbonyl (C=O) groups is 3. The Labute approximate surface area is 163 Å². The van der Waals surface area contributed by atoms with Crippen molar-refractivity contribution in [3.8, 4) is 11.5 Å². The molecule has 3 amide bonds. The molecule has 2 heterocycles. The molecule has 1 aliphatic carbocycles. The Morgan fingerprint density at radius 3 is 2.43 bits per heavy atom. The van der Waals surface area contributed by atoms with Crippen molar-refractivity contribution in [2.24, 2.45) is 11.8 Å². The van der Waals surface area contributed by atoms with Crippen LogP contribution in [0.2, 0.25) is 0 Å². The Hall–Kier alpha value is -2.83. The highest BCUT2D eigenvalue weighted by Gasteiger charge is 2.46. The maximum Gasteiger partial charge on any atom is 0.233 e. The van der Waals surface area contributed by atoms with Crippen LogP contribution in [0, 0.1) is 11.8 Å². The number of nitrogens with one attached hydrogen (secondary N) is 1. The first-order valence-corrected chi connectivity index (χ1v) is 9.73. The lowest BCUT2D eigenvalue weighted by Gasteiger charge is -2.21. The standard InChI is InChI=1S/C21H24N2O5/c1-13(14-6-7-17-18(12-14)28-11-10-27-17)22-19(24)8-9-23-20(25)15-4-2-3-5-16(15)21(23)26/h2-3,6-7,12-13,15-16H,4-5,8-11H2,1H3,(H,22,24)/t13?,15-,16+. The fourth-order valence-corrected chi connectivity index (χ4v) is 4.03. The molecule has 1 N–H and O–H groups in total. The van der Waals surface area contributed by atoms with Gasteiger partial charge in [-0.1, -0.05) is 18.2 Å². The molecule has 7 heteroatoms. The summed E-state index contributed by atoms with van der Waals surface area (Å²) >= 11 is 0. The van der Waals surface area contributed by atoms with E-state index in [0.717, 1.165) is 5.56 Å². The van der Waals surface area contributed by atoms with Crippen molar-refractivity contribution in [1.29, 1.82) is 0 Å². The third kappa shape index (κ3) is 3.48. The summed E-state index contributed by atoms with van der Waals surface area (Å²) in [5.74, 6) is 0.384. The number of ether oxygens (including phenoxy) is 2. The molecule has 1 saturated heterocycles. The lowest BCUT2D eigenvalue weighted by atomic mass is 9.85. The Kier molecular flexibility index (Phi) is 5.07. The third-order valence-electron chi connectivity index (χ3n) is 5.61. The van der Waals surface area contributed by atoms with Crippen molar-refractivity contribution < 1.29 is 23.9 Å². The van der Waals surface area contributed by atoms with E-state index in [2.05, 4.69) is 5.32 Å². The quantitative estimate of drug-likeness (QED) is 0.620. The second kappa shape index (κ2) is 7.66. The molecule has 28 heavy (non-hydrogen) atoms. The summed E-state index contributed by atoms with van der Waals surface area (Å²) < 4.78 is 11.1. The van der Waals surface area contributed by atoms with E-state index < -0.39 is 0 Å². The number of hydrogen-bond acceptors (Lipinski definition) is 5. The van der Waals surface area contributed by atoms with Gasteiger partial charge in [0.05, 0.1) is 17.9 Å². The summed E-state index contributed by atoms with van der Waals surface area (Å²) in [6, 6.07) is 5.37. The highest BCUT2D eigenvalue weighted by Crippen LogP contribution is 2.35. The minimum atomic E-state index is -0.253. The molecule has 2 aliphatic heterocycles. The number of imide groups is 1. The lowest BCUT2D eigenvalue weighted by Crippen LogP contribution is -2.36. The Morgan fingerprint density at radius 1 is 1.11 bits per heavy atom. The maximum atomic E-state index is 12.5. The molecule has 0 radical (unpaired) electrons. The van der Waals surface area contributed by atoms with Gasteiger partial charge in [-0.2, -0.15) is 0 Å². The molecule has 1 fully saturated rings. The van der Waals surface area contributed by atoms with Gasteiger partial charge in [0.15, 0.2) is 11.5 Å². The van der Waals surface area contributed by atoms with Gasteiger partial charge in [0.25, 0.3) is 0 Å². The molecular weight excluding hydrogens is 360 g/mol. The van der Waals surface area contributed by atoms with Crippen molar-refractivity contribution in [2.75, 3.05) is 19.8 Å². The molecule has 0 aromatic heterocycles. The second-order valence-electron chi connectivity index (χ2n) is 7.43. The zero-order valence-corrected chi connectivity index (χ0v) is 15.8. The summed E-state index contributed by atoms with van der Waals surface area (Å²) in [5, 5.41) is 2.92. The van der Waals surface area contributed by atoms with Crippen LogP contribution in [-0.4, -0.2) is 42.4 Å². The van der Waals surface area contributed by atoms with Crippen LogP contribution in [0.25, 0.3) is 0 Å². The number of rotatable bonds is 5. The summed E-state index contributed by atoms with van der Waals surface area (Å²) in [5.41, 5.74) is 0.906. The molecule has 0 saturated carbocycles. The van der Waals surface area contributed by atoms with Crippen LogP contribution in [0.15, 0.2) is 30.4 Å². The number of allylic oxidation sites excluding steroid dienone is 2. The zero-order valence-electron chi connectivity index (χ0n) is 15.8. The van der Waals surface area contributed by atoms with Crippen LogP contribution >= 0.6 is 0 Å². The van der Waals surface area contributed by atoms with E-state index in [1.54, 1.807) is 0 Å². The fraction of sp³-hybridized carbons (Fsp3) is 0.476. The minimum absolute atomic E-state index is 0.0965. The van der Waals surface area contributed by atoms with E-state index >= 15 is 0 Å². The predicted octanol–water partition coefficient (Wildman–Crippen LogP) is 1.98. The third-order valence-corrected chi connectivity index (χ3v) is 5.61. The number of benzene rings is 1. The Bertz CT molecular complexity index is 808. The van der Waals surface area contributed by atoms with Gasteiger partial charge < -0.3 is 14.8 Å². The first-order valence-electron chi connectivity index (χ1n) is 9.73. The minimum Gasteiger partial charge on any atom is -0.486 e. The van der Waals surface area contributed by atoms with Gasteiger partial charge in [-0.15, -0.1) is 0 Å². The highest BCUT2D eigenvalue weighted by atomic mass is 16.6. The monoisotopic (exact) mass is 384 g/mol. The van der Waals surface area contributed by atoms with Gasteiger partial charge in [-0.3, -0.25) is 19.3 Å². The van der Waals surface area contributed by atoms with Gasteiger partial charge in [-0.25, -0.2) is 0 Å².